The maximum atomic E-state index is 12.0. The van der Waals surface area contributed by atoms with Crippen molar-refractivity contribution in [3.8, 4) is 0 Å². The van der Waals surface area contributed by atoms with Crippen LogP contribution in [0.3, 0.4) is 0 Å². The van der Waals surface area contributed by atoms with Crippen LogP contribution in [0.25, 0.3) is 0 Å². The molecular weight excluding hydrogens is 392 g/mol. The maximum Gasteiger partial charge on any atom is 0.347 e. The number of halogens is 1. The molecule has 0 radical (unpaired) electrons. The fourth-order valence-corrected chi connectivity index (χ4v) is 4.12. The van der Waals surface area contributed by atoms with E-state index in [1.165, 1.54) is 0 Å². The second-order valence-electron chi connectivity index (χ2n) is 4.59. The summed E-state index contributed by atoms with van der Waals surface area (Å²) >= 11 is 6.08. The lowest BCUT2D eigenvalue weighted by molar-refractivity contribution is -0.121. The van der Waals surface area contributed by atoms with Gasteiger partial charge in [0.15, 0.2) is 0 Å². The molecule has 0 fully saturated rings. The van der Waals surface area contributed by atoms with Gasteiger partial charge in [-0.05, 0) is 6.07 Å². The lowest BCUT2D eigenvalue weighted by Crippen LogP contribution is -2.47. The van der Waals surface area contributed by atoms with Gasteiger partial charge >= 0.3 is 5.97 Å². The highest BCUT2D eigenvalue weighted by Crippen LogP contribution is 2.31. The van der Waals surface area contributed by atoms with E-state index in [2.05, 4.69) is 4.18 Å². The zero-order valence-electron chi connectivity index (χ0n) is 11.8. The Kier molecular flexibility index (Phi) is 7.52. The standard InChI is InChI=1S/C11H15ClO10S2/c12-7-1-6(10(23-7)11(18)19)24(20,21)22-3-5(15)9(17)8(16)4(14)2-13/h1,4-5,8-9,13-17H,2-3H2,(H,18,19)/t4-,5-,8-,9-/m1/s1. The third-order valence-electron chi connectivity index (χ3n) is 2.85. The van der Waals surface area contributed by atoms with Crippen LogP contribution < -0.4 is 0 Å². The number of hydrogen-bond donors (Lipinski definition) is 6. The average molecular weight is 407 g/mol. The van der Waals surface area contributed by atoms with Crippen LogP contribution in [0.4, 0.5) is 0 Å². The lowest BCUT2D eigenvalue weighted by Gasteiger charge is -2.25. The number of carboxylic acids is 1. The van der Waals surface area contributed by atoms with Crippen LogP contribution in [0.5, 0.6) is 0 Å². The predicted molar refractivity (Wildman–Crippen MR) is 80.5 cm³/mol. The van der Waals surface area contributed by atoms with E-state index >= 15 is 0 Å². The molecule has 0 aromatic carbocycles. The molecule has 0 saturated carbocycles. The van der Waals surface area contributed by atoms with Gasteiger partial charge < -0.3 is 30.6 Å². The van der Waals surface area contributed by atoms with Crippen LogP contribution in [-0.2, 0) is 14.3 Å². The highest BCUT2D eigenvalue weighted by Gasteiger charge is 2.33. The molecular formula is C11H15ClO10S2. The summed E-state index contributed by atoms with van der Waals surface area (Å²) in [5.41, 5.74) is 0. The van der Waals surface area contributed by atoms with E-state index in [1.807, 2.05) is 0 Å². The number of aliphatic hydroxyl groups excluding tert-OH is 5. The van der Waals surface area contributed by atoms with Crippen LogP contribution in [0, 0.1) is 0 Å². The summed E-state index contributed by atoms with van der Waals surface area (Å²) in [6, 6.07) is 0.859. The highest BCUT2D eigenvalue weighted by atomic mass is 35.5. The summed E-state index contributed by atoms with van der Waals surface area (Å²) in [5.74, 6) is -1.55. The molecule has 0 unspecified atom stereocenters. The molecule has 1 aromatic rings. The fraction of sp³-hybridized carbons (Fsp3) is 0.545. The van der Waals surface area contributed by atoms with E-state index in [1.54, 1.807) is 0 Å². The zero-order chi connectivity index (χ0) is 18.7. The Hall–Kier alpha value is -0.830. The van der Waals surface area contributed by atoms with E-state index in [-0.39, 0.29) is 4.34 Å². The van der Waals surface area contributed by atoms with E-state index in [0.29, 0.717) is 11.3 Å². The van der Waals surface area contributed by atoms with Gasteiger partial charge in [-0.2, -0.15) is 8.42 Å². The summed E-state index contributed by atoms with van der Waals surface area (Å²) in [5, 5.41) is 55.2. The van der Waals surface area contributed by atoms with Crippen molar-refractivity contribution in [3.63, 3.8) is 0 Å². The Balaban J connectivity index is 2.84. The molecule has 6 N–H and O–H groups in total. The summed E-state index contributed by atoms with van der Waals surface area (Å²) < 4.78 is 28.3. The van der Waals surface area contributed by atoms with E-state index < -0.39 is 63.5 Å². The second-order valence-corrected chi connectivity index (χ2v) is 7.85. The van der Waals surface area contributed by atoms with Gasteiger partial charge in [-0.25, -0.2) is 4.79 Å². The van der Waals surface area contributed by atoms with Crippen molar-refractivity contribution in [2.45, 2.75) is 29.3 Å². The Morgan fingerprint density at radius 2 is 1.75 bits per heavy atom. The van der Waals surface area contributed by atoms with Crippen molar-refractivity contribution in [3.05, 3.63) is 15.3 Å². The lowest BCUT2D eigenvalue weighted by atomic mass is 10.0. The van der Waals surface area contributed by atoms with Gasteiger partial charge in [0.2, 0.25) is 0 Å². The third-order valence-corrected chi connectivity index (χ3v) is 5.54. The average Bonchev–Trinajstić information content (AvgIpc) is 2.93. The maximum absolute atomic E-state index is 12.0. The number of aromatic carboxylic acids is 1. The number of rotatable bonds is 9. The Morgan fingerprint density at radius 3 is 2.25 bits per heavy atom. The van der Waals surface area contributed by atoms with E-state index in [9.17, 15) is 28.5 Å². The molecule has 0 spiro atoms. The molecule has 138 valence electrons. The summed E-state index contributed by atoms with van der Waals surface area (Å²) in [6.45, 7) is -1.94. The molecule has 0 aliphatic rings. The third kappa shape index (κ3) is 5.08. The smallest absolute Gasteiger partial charge is 0.347 e. The van der Waals surface area contributed by atoms with Crippen LogP contribution in [-0.4, -0.2) is 82.7 Å². The second kappa shape index (κ2) is 8.51. The van der Waals surface area contributed by atoms with Crippen LogP contribution >= 0.6 is 22.9 Å². The van der Waals surface area contributed by atoms with Gasteiger partial charge in [-0.15, -0.1) is 11.3 Å². The summed E-state index contributed by atoms with van der Waals surface area (Å²) in [6.07, 6.45) is -7.69. The molecule has 1 rings (SSSR count). The van der Waals surface area contributed by atoms with Crippen LogP contribution in [0.15, 0.2) is 11.0 Å². The molecule has 0 bridgehead atoms. The molecule has 24 heavy (non-hydrogen) atoms. The van der Waals surface area contributed by atoms with Gasteiger partial charge in [0.25, 0.3) is 10.1 Å². The number of hydrogen-bond acceptors (Lipinski definition) is 10. The Labute approximate surface area is 145 Å². The summed E-state index contributed by atoms with van der Waals surface area (Å²) in [4.78, 5) is 9.67. The largest absolute Gasteiger partial charge is 0.477 e. The van der Waals surface area contributed by atoms with Crippen molar-refractivity contribution in [2.75, 3.05) is 13.2 Å². The molecule has 13 heteroatoms. The topological polar surface area (TPSA) is 182 Å². The monoisotopic (exact) mass is 406 g/mol. The SMILES string of the molecule is O=C(O)c1sc(Cl)cc1S(=O)(=O)OC[C@@H](O)[C@@H](O)[C@H](O)[C@H](O)CO. The Bertz CT molecular complexity index is 672. The zero-order valence-corrected chi connectivity index (χ0v) is 14.2. The van der Waals surface area contributed by atoms with Crippen molar-refractivity contribution in [2.24, 2.45) is 0 Å². The number of aliphatic hydroxyl groups is 5. The van der Waals surface area contributed by atoms with Gasteiger partial charge in [0, 0.05) is 0 Å². The number of carbonyl (C=O) groups is 1. The van der Waals surface area contributed by atoms with Crippen molar-refractivity contribution in [1.29, 1.82) is 0 Å². The summed E-state index contributed by atoms with van der Waals surface area (Å²) in [7, 11) is -4.61. The minimum atomic E-state index is -4.61. The minimum absolute atomic E-state index is 0.114. The quantitative estimate of drug-likeness (QED) is 0.257. The first-order valence-corrected chi connectivity index (χ1v) is 8.86. The van der Waals surface area contributed by atoms with Crippen molar-refractivity contribution >= 4 is 39.0 Å². The highest BCUT2D eigenvalue weighted by molar-refractivity contribution is 7.87. The molecule has 1 aromatic heterocycles. The molecule has 0 aliphatic carbocycles. The minimum Gasteiger partial charge on any atom is -0.477 e. The first kappa shape index (κ1) is 21.2. The molecule has 4 atom stereocenters. The van der Waals surface area contributed by atoms with E-state index in [0.717, 1.165) is 6.07 Å². The first-order valence-electron chi connectivity index (χ1n) is 6.26. The molecule has 0 amide bonds. The van der Waals surface area contributed by atoms with Gasteiger partial charge in [-0.1, -0.05) is 11.6 Å². The van der Waals surface area contributed by atoms with Crippen molar-refractivity contribution in [1.82, 2.24) is 0 Å². The fourth-order valence-electron chi connectivity index (χ4n) is 1.57. The van der Waals surface area contributed by atoms with Gasteiger partial charge in [-0.3, -0.25) is 4.18 Å². The molecule has 10 nitrogen and oxygen atoms in total. The van der Waals surface area contributed by atoms with Gasteiger partial charge in [0.1, 0.15) is 34.2 Å². The predicted octanol–water partition coefficient (Wildman–Crippen LogP) is -1.76. The van der Waals surface area contributed by atoms with Crippen molar-refractivity contribution < 1.29 is 48.0 Å². The number of thiophene rings is 1. The normalized spacial score (nSPS) is 17.2. The molecule has 0 saturated heterocycles. The molecule has 0 aliphatic heterocycles. The number of carboxylic acid groups (broad SMARTS) is 1. The van der Waals surface area contributed by atoms with Gasteiger partial charge in [0.05, 0.1) is 17.6 Å². The van der Waals surface area contributed by atoms with E-state index in [4.69, 9.17) is 26.9 Å². The van der Waals surface area contributed by atoms with Crippen LogP contribution in [0.1, 0.15) is 9.67 Å². The first-order chi connectivity index (χ1) is 11.0. The van der Waals surface area contributed by atoms with Crippen LogP contribution in [0.2, 0.25) is 4.34 Å². The Morgan fingerprint density at radius 1 is 1.21 bits per heavy atom. The molecule has 1 heterocycles.